The first-order valence-electron chi connectivity index (χ1n) is 7.68. The zero-order valence-electron chi connectivity index (χ0n) is 14.1. The summed E-state index contributed by atoms with van der Waals surface area (Å²) in [5.41, 5.74) is 3.07. The Morgan fingerprint density at radius 2 is 1.58 bits per heavy atom. The molecule has 0 radical (unpaired) electrons. The van der Waals surface area contributed by atoms with Gasteiger partial charge in [-0.05, 0) is 37.1 Å². The van der Waals surface area contributed by atoms with Crippen LogP contribution in [-0.2, 0) is 14.8 Å². The lowest BCUT2D eigenvalue weighted by molar-refractivity contribution is -0.116. The Hall–Kier alpha value is -2.34. The van der Waals surface area contributed by atoms with Crippen LogP contribution in [0.15, 0.2) is 48.5 Å². The van der Waals surface area contributed by atoms with E-state index in [1.54, 1.807) is 12.1 Å². The molecule has 128 valence electrons. The van der Waals surface area contributed by atoms with Crippen molar-refractivity contribution in [2.24, 2.45) is 0 Å². The van der Waals surface area contributed by atoms with Gasteiger partial charge in [-0.15, -0.1) is 0 Å². The van der Waals surface area contributed by atoms with Crippen molar-refractivity contribution in [1.29, 1.82) is 0 Å². The summed E-state index contributed by atoms with van der Waals surface area (Å²) in [7, 11) is -3.48. The van der Waals surface area contributed by atoms with Gasteiger partial charge in [0.1, 0.15) is 0 Å². The highest BCUT2D eigenvalue weighted by molar-refractivity contribution is 7.92. The van der Waals surface area contributed by atoms with Crippen LogP contribution in [0.5, 0.6) is 0 Å². The van der Waals surface area contributed by atoms with Crippen LogP contribution in [0.1, 0.15) is 17.5 Å². The molecule has 1 amide bonds. The zero-order chi connectivity index (χ0) is 17.7. The summed E-state index contributed by atoms with van der Waals surface area (Å²) in [6.45, 7) is 3.83. The summed E-state index contributed by atoms with van der Waals surface area (Å²) < 4.78 is 25.7. The maximum atomic E-state index is 12.2. The summed E-state index contributed by atoms with van der Waals surface area (Å²) in [6, 6.07) is 14.7. The van der Waals surface area contributed by atoms with E-state index in [0.29, 0.717) is 11.4 Å². The Morgan fingerprint density at radius 3 is 2.12 bits per heavy atom. The van der Waals surface area contributed by atoms with Crippen molar-refractivity contribution in [2.45, 2.75) is 20.3 Å². The van der Waals surface area contributed by atoms with E-state index >= 15 is 0 Å². The number of carbonyl (C=O) groups is 1. The number of nitrogens with zero attached hydrogens (tertiary/aromatic N) is 1. The van der Waals surface area contributed by atoms with E-state index in [4.69, 9.17) is 0 Å². The number of rotatable bonds is 6. The number of para-hydroxylation sites is 2. The third kappa shape index (κ3) is 4.58. The molecule has 0 aromatic heterocycles. The van der Waals surface area contributed by atoms with Gasteiger partial charge < -0.3 is 5.32 Å². The number of amides is 1. The number of carbonyl (C=O) groups excluding carboxylic acids is 1. The molecule has 0 saturated carbocycles. The Bertz CT molecular complexity index is 797. The first-order valence-corrected chi connectivity index (χ1v) is 9.52. The second-order valence-corrected chi connectivity index (χ2v) is 7.65. The molecular formula is C18H22N2O3S. The minimum atomic E-state index is -3.48. The first kappa shape index (κ1) is 18.0. The highest BCUT2D eigenvalue weighted by Crippen LogP contribution is 2.26. The SMILES string of the molecule is Cc1cccc(C)c1N(CCC(=O)Nc1ccccc1)S(C)(=O)=O. The molecule has 0 fully saturated rings. The fraction of sp³-hybridized carbons (Fsp3) is 0.278. The van der Waals surface area contributed by atoms with Crippen molar-refractivity contribution < 1.29 is 13.2 Å². The maximum absolute atomic E-state index is 12.2. The van der Waals surface area contributed by atoms with Crippen molar-refractivity contribution in [2.75, 3.05) is 22.4 Å². The van der Waals surface area contributed by atoms with Crippen molar-refractivity contribution in [3.8, 4) is 0 Å². The van der Waals surface area contributed by atoms with Crippen LogP contribution in [-0.4, -0.2) is 27.1 Å². The number of anilines is 2. The lowest BCUT2D eigenvalue weighted by atomic mass is 10.1. The largest absolute Gasteiger partial charge is 0.326 e. The Balaban J connectivity index is 2.15. The van der Waals surface area contributed by atoms with Gasteiger partial charge in [0.05, 0.1) is 11.9 Å². The number of hydrogen-bond acceptors (Lipinski definition) is 3. The van der Waals surface area contributed by atoms with E-state index < -0.39 is 10.0 Å². The normalized spacial score (nSPS) is 11.1. The van der Waals surface area contributed by atoms with Gasteiger partial charge in [-0.3, -0.25) is 9.10 Å². The standard InChI is InChI=1S/C18H22N2O3S/c1-14-8-7-9-15(2)18(14)20(24(3,22)23)13-12-17(21)19-16-10-5-4-6-11-16/h4-11H,12-13H2,1-3H3,(H,19,21). The van der Waals surface area contributed by atoms with E-state index in [1.807, 2.05) is 50.2 Å². The minimum absolute atomic E-state index is 0.0791. The van der Waals surface area contributed by atoms with Gasteiger partial charge in [0, 0.05) is 18.7 Å². The molecule has 0 atom stereocenters. The number of sulfonamides is 1. The molecule has 24 heavy (non-hydrogen) atoms. The van der Waals surface area contributed by atoms with Crippen molar-refractivity contribution in [3.63, 3.8) is 0 Å². The van der Waals surface area contributed by atoms with Gasteiger partial charge in [0.25, 0.3) is 0 Å². The monoisotopic (exact) mass is 346 g/mol. The highest BCUT2D eigenvalue weighted by Gasteiger charge is 2.21. The first-order chi connectivity index (χ1) is 11.3. The molecule has 0 saturated heterocycles. The predicted molar refractivity (Wildman–Crippen MR) is 97.8 cm³/mol. The third-order valence-electron chi connectivity index (χ3n) is 3.69. The lowest BCUT2D eigenvalue weighted by Crippen LogP contribution is -2.34. The molecular weight excluding hydrogens is 324 g/mol. The van der Waals surface area contributed by atoms with Crippen LogP contribution in [0.4, 0.5) is 11.4 Å². The topological polar surface area (TPSA) is 66.5 Å². The molecule has 2 aromatic carbocycles. The fourth-order valence-electron chi connectivity index (χ4n) is 2.59. The quantitative estimate of drug-likeness (QED) is 0.874. The van der Waals surface area contributed by atoms with E-state index in [0.717, 1.165) is 17.4 Å². The average Bonchev–Trinajstić information content (AvgIpc) is 2.50. The smallest absolute Gasteiger partial charge is 0.232 e. The van der Waals surface area contributed by atoms with Crippen LogP contribution in [0, 0.1) is 13.8 Å². The van der Waals surface area contributed by atoms with Gasteiger partial charge in [-0.25, -0.2) is 8.42 Å². The molecule has 1 N–H and O–H groups in total. The number of aryl methyl sites for hydroxylation is 2. The molecule has 6 heteroatoms. The van der Waals surface area contributed by atoms with Crippen LogP contribution in [0.3, 0.4) is 0 Å². The molecule has 0 spiro atoms. The summed E-state index contributed by atoms with van der Waals surface area (Å²) >= 11 is 0. The van der Waals surface area contributed by atoms with Gasteiger partial charge in [-0.1, -0.05) is 36.4 Å². The van der Waals surface area contributed by atoms with Crippen LogP contribution in [0.25, 0.3) is 0 Å². The number of benzene rings is 2. The maximum Gasteiger partial charge on any atom is 0.232 e. The predicted octanol–water partition coefficient (Wildman–Crippen LogP) is 3.10. The molecule has 0 aliphatic carbocycles. The number of hydrogen-bond donors (Lipinski definition) is 1. The molecule has 0 aliphatic rings. The van der Waals surface area contributed by atoms with Gasteiger partial charge in [-0.2, -0.15) is 0 Å². The van der Waals surface area contributed by atoms with Gasteiger partial charge >= 0.3 is 0 Å². The molecule has 0 unspecified atom stereocenters. The second-order valence-electron chi connectivity index (χ2n) is 5.74. The second kappa shape index (κ2) is 7.49. The Labute approximate surface area is 143 Å². The molecule has 0 heterocycles. The molecule has 2 rings (SSSR count). The molecule has 5 nitrogen and oxygen atoms in total. The average molecular weight is 346 g/mol. The molecule has 0 aliphatic heterocycles. The van der Waals surface area contributed by atoms with Crippen LogP contribution >= 0.6 is 0 Å². The number of nitrogens with one attached hydrogen (secondary N) is 1. The summed E-state index contributed by atoms with van der Waals surface area (Å²) in [5.74, 6) is -0.221. The highest BCUT2D eigenvalue weighted by atomic mass is 32.2. The summed E-state index contributed by atoms with van der Waals surface area (Å²) in [6.07, 6.45) is 1.24. The molecule has 2 aromatic rings. The minimum Gasteiger partial charge on any atom is -0.326 e. The van der Waals surface area contributed by atoms with Crippen molar-refractivity contribution >= 4 is 27.3 Å². The van der Waals surface area contributed by atoms with Crippen LogP contribution in [0.2, 0.25) is 0 Å². The Kier molecular flexibility index (Phi) is 5.62. The van der Waals surface area contributed by atoms with Crippen molar-refractivity contribution in [1.82, 2.24) is 0 Å². The Morgan fingerprint density at radius 1 is 1.00 bits per heavy atom. The van der Waals surface area contributed by atoms with Crippen LogP contribution < -0.4 is 9.62 Å². The molecule has 0 bridgehead atoms. The van der Waals surface area contributed by atoms with Gasteiger partial charge in [0.15, 0.2) is 0 Å². The van der Waals surface area contributed by atoms with E-state index in [-0.39, 0.29) is 18.9 Å². The summed E-state index contributed by atoms with van der Waals surface area (Å²) in [5, 5.41) is 2.77. The third-order valence-corrected chi connectivity index (χ3v) is 4.85. The van der Waals surface area contributed by atoms with E-state index in [2.05, 4.69) is 5.32 Å². The van der Waals surface area contributed by atoms with E-state index in [9.17, 15) is 13.2 Å². The fourth-order valence-corrected chi connectivity index (χ4v) is 3.63. The van der Waals surface area contributed by atoms with E-state index in [1.165, 1.54) is 4.31 Å². The summed E-state index contributed by atoms with van der Waals surface area (Å²) in [4.78, 5) is 12.1. The zero-order valence-corrected chi connectivity index (χ0v) is 14.9. The lowest BCUT2D eigenvalue weighted by Gasteiger charge is -2.25. The van der Waals surface area contributed by atoms with Crippen molar-refractivity contribution in [3.05, 3.63) is 59.7 Å². The van der Waals surface area contributed by atoms with Gasteiger partial charge in [0.2, 0.25) is 15.9 Å².